The van der Waals surface area contributed by atoms with Crippen LogP contribution in [0, 0.1) is 0 Å². The number of rotatable bonds is 2. The second kappa shape index (κ2) is 4.87. The van der Waals surface area contributed by atoms with Crippen molar-refractivity contribution in [1.29, 1.82) is 0 Å². The number of nitrogens with two attached hydrogens (primary N) is 1. The first-order valence-corrected chi connectivity index (χ1v) is 6.14. The summed E-state index contributed by atoms with van der Waals surface area (Å²) in [5, 5.41) is 3.19. The molecule has 0 radical (unpaired) electrons. The number of halogens is 1. The van der Waals surface area contributed by atoms with Crippen LogP contribution in [-0.2, 0) is 4.79 Å². The Balaban J connectivity index is 2.03. The van der Waals surface area contributed by atoms with Crippen molar-refractivity contribution in [3.8, 4) is 0 Å². The van der Waals surface area contributed by atoms with Crippen molar-refractivity contribution in [2.45, 2.75) is 18.9 Å². The first-order chi connectivity index (χ1) is 8.04. The Labute approximate surface area is 108 Å². The zero-order chi connectivity index (χ0) is 12.4. The van der Waals surface area contributed by atoms with E-state index in [1.807, 2.05) is 0 Å². The summed E-state index contributed by atoms with van der Waals surface area (Å²) in [6, 6.07) is 1.81. The van der Waals surface area contributed by atoms with Crippen LogP contribution in [-0.4, -0.2) is 40.4 Å². The number of carbonyl (C=O) groups is 1. The SMILES string of the molecule is CN1CC(Nc2nc(N)cc(Br)n2)CCC1=O. The number of piperidine rings is 1. The van der Waals surface area contributed by atoms with Crippen LogP contribution in [0.25, 0.3) is 0 Å². The van der Waals surface area contributed by atoms with E-state index in [-0.39, 0.29) is 11.9 Å². The summed E-state index contributed by atoms with van der Waals surface area (Å²) < 4.78 is 0.646. The second-order valence-corrected chi connectivity index (χ2v) is 4.91. The van der Waals surface area contributed by atoms with Crippen molar-refractivity contribution in [1.82, 2.24) is 14.9 Å². The van der Waals surface area contributed by atoms with Gasteiger partial charge in [-0.3, -0.25) is 4.79 Å². The van der Waals surface area contributed by atoms with Gasteiger partial charge in [-0.25, -0.2) is 4.98 Å². The molecule has 1 aromatic rings. The molecule has 0 aromatic carbocycles. The van der Waals surface area contributed by atoms with Gasteiger partial charge in [-0.15, -0.1) is 0 Å². The van der Waals surface area contributed by atoms with Gasteiger partial charge in [0, 0.05) is 32.1 Å². The van der Waals surface area contributed by atoms with E-state index in [0.717, 1.165) is 6.42 Å². The fourth-order valence-electron chi connectivity index (χ4n) is 1.81. The third kappa shape index (κ3) is 3.06. The number of aromatic nitrogens is 2. The molecule has 2 rings (SSSR count). The molecule has 1 amide bonds. The number of hydrogen-bond donors (Lipinski definition) is 2. The van der Waals surface area contributed by atoms with Crippen molar-refractivity contribution < 1.29 is 4.79 Å². The molecule has 17 heavy (non-hydrogen) atoms. The van der Waals surface area contributed by atoms with Crippen LogP contribution in [0.3, 0.4) is 0 Å². The average Bonchev–Trinajstić information content (AvgIpc) is 2.22. The minimum absolute atomic E-state index is 0.173. The molecule has 0 bridgehead atoms. The molecule has 7 heteroatoms. The maximum atomic E-state index is 11.3. The minimum Gasteiger partial charge on any atom is -0.383 e. The predicted molar refractivity (Wildman–Crippen MR) is 68.4 cm³/mol. The van der Waals surface area contributed by atoms with Gasteiger partial charge in [-0.1, -0.05) is 0 Å². The molecule has 0 saturated carbocycles. The molecule has 3 N–H and O–H groups in total. The Morgan fingerprint density at radius 2 is 2.35 bits per heavy atom. The maximum absolute atomic E-state index is 11.3. The molecule has 1 unspecified atom stereocenters. The fraction of sp³-hybridized carbons (Fsp3) is 0.500. The van der Waals surface area contributed by atoms with E-state index in [1.165, 1.54) is 0 Å². The van der Waals surface area contributed by atoms with E-state index < -0.39 is 0 Å². The molecule has 1 aliphatic rings. The van der Waals surface area contributed by atoms with Gasteiger partial charge in [0.2, 0.25) is 11.9 Å². The minimum atomic E-state index is 0.173. The van der Waals surface area contributed by atoms with Gasteiger partial charge in [0.1, 0.15) is 10.4 Å². The normalized spacial score (nSPS) is 20.5. The van der Waals surface area contributed by atoms with Crippen molar-refractivity contribution in [3.05, 3.63) is 10.7 Å². The van der Waals surface area contributed by atoms with Gasteiger partial charge in [0.05, 0.1) is 0 Å². The van der Waals surface area contributed by atoms with E-state index >= 15 is 0 Å². The lowest BCUT2D eigenvalue weighted by Crippen LogP contribution is -2.43. The molecular weight excluding hydrogens is 286 g/mol. The fourth-order valence-corrected chi connectivity index (χ4v) is 2.21. The molecule has 0 spiro atoms. The Morgan fingerprint density at radius 1 is 1.59 bits per heavy atom. The number of carbonyl (C=O) groups excluding carboxylic acids is 1. The number of amides is 1. The van der Waals surface area contributed by atoms with Gasteiger partial charge in [0.15, 0.2) is 0 Å². The first kappa shape index (κ1) is 12.1. The quantitative estimate of drug-likeness (QED) is 0.791. The number of anilines is 2. The summed E-state index contributed by atoms with van der Waals surface area (Å²) in [7, 11) is 1.80. The van der Waals surface area contributed by atoms with Gasteiger partial charge < -0.3 is 16.0 Å². The summed E-state index contributed by atoms with van der Waals surface area (Å²) in [6.45, 7) is 0.661. The van der Waals surface area contributed by atoms with Crippen molar-refractivity contribution >= 4 is 33.6 Å². The van der Waals surface area contributed by atoms with Crippen LogP contribution in [0.2, 0.25) is 0 Å². The highest BCUT2D eigenvalue weighted by Gasteiger charge is 2.23. The zero-order valence-corrected chi connectivity index (χ0v) is 11.1. The van der Waals surface area contributed by atoms with Crippen LogP contribution in [0.5, 0.6) is 0 Å². The monoisotopic (exact) mass is 299 g/mol. The van der Waals surface area contributed by atoms with Crippen LogP contribution >= 0.6 is 15.9 Å². The molecule has 1 fully saturated rings. The average molecular weight is 300 g/mol. The van der Waals surface area contributed by atoms with Crippen molar-refractivity contribution in [3.63, 3.8) is 0 Å². The Kier molecular flexibility index (Phi) is 3.46. The van der Waals surface area contributed by atoms with Gasteiger partial charge in [-0.2, -0.15) is 4.98 Å². The number of nitrogens with zero attached hydrogens (tertiary/aromatic N) is 3. The van der Waals surface area contributed by atoms with Crippen LogP contribution in [0.4, 0.5) is 11.8 Å². The molecule has 2 heterocycles. The third-order valence-corrected chi connectivity index (χ3v) is 3.08. The summed E-state index contributed by atoms with van der Waals surface area (Å²) in [4.78, 5) is 21.3. The first-order valence-electron chi connectivity index (χ1n) is 5.35. The smallest absolute Gasteiger partial charge is 0.225 e. The Morgan fingerprint density at radius 3 is 3.00 bits per heavy atom. The van der Waals surface area contributed by atoms with Crippen molar-refractivity contribution in [2.75, 3.05) is 24.6 Å². The van der Waals surface area contributed by atoms with E-state index in [2.05, 4.69) is 31.2 Å². The highest BCUT2D eigenvalue weighted by molar-refractivity contribution is 9.10. The van der Waals surface area contributed by atoms with Gasteiger partial charge in [0.25, 0.3) is 0 Å². The molecule has 1 aromatic heterocycles. The van der Waals surface area contributed by atoms with Crippen molar-refractivity contribution in [2.24, 2.45) is 0 Å². The van der Waals surface area contributed by atoms with Gasteiger partial charge in [-0.05, 0) is 22.4 Å². The second-order valence-electron chi connectivity index (χ2n) is 4.09. The molecule has 1 saturated heterocycles. The summed E-state index contributed by atoms with van der Waals surface area (Å²) in [5.41, 5.74) is 5.63. The number of hydrogen-bond acceptors (Lipinski definition) is 5. The molecule has 1 aliphatic heterocycles. The predicted octanol–water partition coefficient (Wildman–Crippen LogP) is 0.854. The topological polar surface area (TPSA) is 84.1 Å². The van der Waals surface area contributed by atoms with Crippen LogP contribution in [0.15, 0.2) is 10.7 Å². The Hall–Kier alpha value is -1.37. The van der Waals surface area contributed by atoms with E-state index in [9.17, 15) is 4.79 Å². The lowest BCUT2D eigenvalue weighted by atomic mass is 10.1. The summed E-state index contributed by atoms with van der Waals surface area (Å²) in [6.07, 6.45) is 1.34. The maximum Gasteiger partial charge on any atom is 0.225 e. The van der Waals surface area contributed by atoms with Crippen LogP contribution < -0.4 is 11.1 Å². The third-order valence-electron chi connectivity index (χ3n) is 2.67. The zero-order valence-electron chi connectivity index (χ0n) is 9.48. The summed E-state index contributed by atoms with van der Waals surface area (Å²) >= 11 is 3.26. The summed E-state index contributed by atoms with van der Waals surface area (Å²) in [5.74, 6) is 1.08. The highest BCUT2D eigenvalue weighted by atomic mass is 79.9. The largest absolute Gasteiger partial charge is 0.383 e. The molecular formula is C10H14BrN5O. The lowest BCUT2D eigenvalue weighted by Gasteiger charge is -2.30. The van der Waals surface area contributed by atoms with E-state index in [0.29, 0.717) is 29.3 Å². The Bertz CT molecular complexity index is 418. The van der Waals surface area contributed by atoms with Crippen LogP contribution in [0.1, 0.15) is 12.8 Å². The number of nitrogen functional groups attached to an aromatic ring is 1. The highest BCUT2D eigenvalue weighted by Crippen LogP contribution is 2.16. The molecule has 0 aliphatic carbocycles. The number of likely N-dealkylation sites (N-methyl/N-ethyl adjacent to an activating group) is 1. The number of nitrogens with one attached hydrogen (secondary N) is 1. The van der Waals surface area contributed by atoms with Gasteiger partial charge >= 0.3 is 0 Å². The van der Waals surface area contributed by atoms with E-state index in [4.69, 9.17) is 5.73 Å². The number of likely N-dealkylation sites (tertiary alicyclic amines) is 1. The molecule has 92 valence electrons. The molecule has 6 nitrogen and oxygen atoms in total. The lowest BCUT2D eigenvalue weighted by molar-refractivity contribution is -0.132. The standard InChI is InChI=1S/C10H14BrN5O/c1-16-5-6(2-3-9(16)17)13-10-14-7(11)4-8(12)15-10/h4,6H,2-3,5H2,1H3,(H3,12,13,14,15). The van der Waals surface area contributed by atoms with E-state index in [1.54, 1.807) is 18.0 Å². The molecule has 1 atom stereocenters.